The molecule has 0 aliphatic carbocycles. The highest BCUT2D eigenvalue weighted by Crippen LogP contribution is 2.56. The minimum atomic E-state index is -7.89. The Balaban J connectivity index is 5.99. The Labute approximate surface area is 120 Å². The SMILES string of the molecule is FC(C(F)C(F)(F)C(F)(F)C(F)(F)C(F)(F)F)C(F)(F)C(F)(F)F. The van der Waals surface area contributed by atoms with E-state index >= 15 is 0 Å². The van der Waals surface area contributed by atoms with Gasteiger partial charge in [-0.25, -0.2) is 8.78 Å². The Bertz CT molecular complexity index is 440. The summed E-state index contributed by atoms with van der Waals surface area (Å²) in [5.41, 5.74) is 0. The number of halogens is 16. The second kappa shape index (κ2) is 5.71. The predicted molar refractivity (Wildman–Crippen MR) is 41.7 cm³/mol. The summed E-state index contributed by atoms with van der Waals surface area (Å²) in [6, 6.07) is 0. The topological polar surface area (TPSA) is 0 Å². The van der Waals surface area contributed by atoms with Gasteiger partial charge >= 0.3 is 36.0 Å². The van der Waals surface area contributed by atoms with Gasteiger partial charge in [0.05, 0.1) is 0 Å². The molecule has 0 bridgehead atoms. The highest BCUT2D eigenvalue weighted by Gasteiger charge is 2.85. The molecule has 0 saturated heterocycles. The van der Waals surface area contributed by atoms with Gasteiger partial charge in [-0.05, 0) is 0 Å². The quantitative estimate of drug-likeness (QED) is 0.546. The fourth-order valence-corrected chi connectivity index (χ4v) is 1.08. The highest BCUT2D eigenvalue weighted by atomic mass is 19.4. The van der Waals surface area contributed by atoms with Crippen molar-refractivity contribution in [2.24, 2.45) is 0 Å². The summed E-state index contributed by atoms with van der Waals surface area (Å²) >= 11 is 0. The minimum absolute atomic E-state index is 5.90. The lowest BCUT2D eigenvalue weighted by molar-refractivity contribution is -0.409. The molecule has 16 heteroatoms. The van der Waals surface area contributed by atoms with E-state index in [4.69, 9.17) is 0 Å². The van der Waals surface area contributed by atoms with Crippen molar-refractivity contribution in [1.82, 2.24) is 0 Å². The van der Waals surface area contributed by atoms with Crippen LogP contribution in [-0.2, 0) is 0 Å². The zero-order chi connectivity index (χ0) is 20.2. The Kier molecular flexibility index (Phi) is 5.44. The van der Waals surface area contributed by atoms with E-state index in [1.165, 1.54) is 0 Å². The molecule has 0 rings (SSSR count). The molecule has 146 valence electrons. The summed E-state index contributed by atoms with van der Waals surface area (Å²) in [5, 5.41) is 0. The van der Waals surface area contributed by atoms with Crippen LogP contribution in [0.1, 0.15) is 0 Å². The van der Waals surface area contributed by atoms with Crippen molar-refractivity contribution in [3.05, 3.63) is 0 Å². The Morgan fingerprint density at radius 3 is 0.917 bits per heavy atom. The summed E-state index contributed by atoms with van der Waals surface area (Å²) < 4.78 is 195. The van der Waals surface area contributed by atoms with Gasteiger partial charge in [0, 0.05) is 0 Å². The van der Waals surface area contributed by atoms with E-state index in [0.29, 0.717) is 0 Å². The molecular weight excluding hydrogens is 400 g/mol. The molecule has 0 N–H and O–H groups in total. The van der Waals surface area contributed by atoms with Crippen LogP contribution in [0, 0.1) is 0 Å². The molecule has 0 radical (unpaired) electrons. The number of alkyl halides is 16. The summed E-state index contributed by atoms with van der Waals surface area (Å²) in [4.78, 5) is 0. The van der Waals surface area contributed by atoms with Crippen LogP contribution < -0.4 is 0 Å². The molecule has 0 fully saturated rings. The maximum atomic E-state index is 12.7. The maximum Gasteiger partial charge on any atom is 0.460 e. The van der Waals surface area contributed by atoms with Gasteiger partial charge in [-0.15, -0.1) is 0 Å². The lowest BCUT2D eigenvalue weighted by Crippen LogP contribution is -2.66. The Morgan fingerprint density at radius 2 is 0.667 bits per heavy atom. The maximum absolute atomic E-state index is 12.7. The van der Waals surface area contributed by atoms with Crippen LogP contribution in [0.5, 0.6) is 0 Å². The Hall–Kier alpha value is -1.12. The van der Waals surface area contributed by atoms with Crippen molar-refractivity contribution in [3.8, 4) is 0 Å². The monoisotopic (exact) mass is 402 g/mol. The van der Waals surface area contributed by atoms with Gasteiger partial charge in [0.15, 0.2) is 0 Å². The highest BCUT2D eigenvalue weighted by molar-refractivity contribution is 5.07. The van der Waals surface area contributed by atoms with Crippen molar-refractivity contribution < 1.29 is 70.2 Å². The van der Waals surface area contributed by atoms with Crippen LogP contribution >= 0.6 is 0 Å². The van der Waals surface area contributed by atoms with Crippen molar-refractivity contribution in [2.75, 3.05) is 0 Å². The third-order valence-corrected chi connectivity index (χ3v) is 2.50. The summed E-state index contributed by atoms with van der Waals surface area (Å²) in [5.74, 6) is -30.3. The molecule has 0 aliphatic heterocycles. The first-order valence-electron chi connectivity index (χ1n) is 4.99. The van der Waals surface area contributed by atoms with Gasteiger partial charge in [0.25, 0.3) is 0 Å². The third-order valence-electron chi connectivity index (χ3n) is 2.50. The molecule has 0 aromatic rings. The molecule has 2 unspecified atom stereocenters. The predicted octanol–water partition coefficient (Wildman–Crippen LogP) is 5.33. The van der Waals surface area contributed by atoms with E-state index in [0.717, 1.165) is 0 Å². The smallest absolute Gasteiger partial charge is 0.237 e. The van der Waals surface area contributed by atoms with Crippen molar-refractivity contribution in [3.63, 3.8) is 0 Å². The van der Waals surface area contributed by atoms with Crippen molar-refractivity contribution in [1.29, 1.82) is 0 Å². The largest absolute Gasteiger partial charge is 0.460 e. The molecule has 0 spiro atoms. The average Bonchev–Trinajstić information content (AvgIpc) is 2.33. The summed E-state index contributed by atoms with van der Waals surface area (Å²) in [6.07, 6.45) is -26.6. The van der Waals surface area contributed by atoms with Gasteiger partial charge in [0.2, 0.25) is 12.3 Å². The third kappa shape index (κ3) is 3.19. The number of rotatable bonds is 5. The van der Waals surface area contributed by atoms with Crippen LogP contribution in [0.4, 0.5) is 70.2 Å². The average molecular weight is 402 g/mol. The zero-order valence-electron chi connectivity index (χ0n) is 10.2. The summed E-state index contributed by atoms with van der Waals surface area (Å²) in [6.45, 7) is 0. The molecule has 0 aliphatic rings. The van der Waals surface area contributed by atoms with Crippen LogP contribution in [-0.4, -0.2) is 48.4 Å². The number of hydrogen-bond acceptors (Lipinski definition) is 0. The second-order valence-electron chi connectivity index (χ2n) is 4.19. The van der Waals surface area contributed by atoms with E-state index in [-0.39, 0.29) is 0 Å². The van der Waals surface area contributed by atoms with Crippen LogP contribution in [0.25, 0.3) is 0 Å². The van der Waals surface area contributed by atoms with Gasteiger partial charge in [0.1, 0.15) is 0 Å². The molecule has 2 atom stereocenters. The first-order chi connectivity index (χ1) is 10.1. The molecule has 0 saturated carbocycles. The minimum Gasteiger partial charge on any atom is -0.237 e. The van der Waals surface area contributed by atoms with Gasteiger partial charge in [-0.3, -0.25) is 0 Å². The number of hydrogen-bond donors (Lipinski definition) is 0. The first kappa shape index (κ1) is 22.9. The lowest BCUT2D eigenvalue weighted by atomic mass is 9.94. The van der Waals surface area contributed by atoms with Crippen molar-refractivity contribution >= 4 is 0 Å². The molecule has 0 nitrogen and oxygen atoms in total. The van der Waals surface area contributed by atoms with Gasteiger partial charge in [-0.1, -0.05) is 0 Å². The zero-order valence-corrected chi connectivity index (χ0v) is 10.2. The molecule has 0 amide bonds. The van der Waals surface area contributed by atoms with E-state index in [9.17, 15) is 70.2 Å². The van der Waals surface area contributed by atoms with E-state index in [1.54, 1.807) is 0 Å². The first-order valence-corrected chi connectivity index (χ1v) is 4.99. The van der Waals surface area contributed by atoms with Crippen LogP contribution in [0.15, 0.2) is 0 Å². The van der Waals surface area contributed by atoms with Crippen LogP contribution in [0.3, 0.4) is 0 Å². The normalized spacial score (nSPS) is 18.5. The second-order valence-corrected chi connectivity index (χ2v) is 4.19. The standard InChI is InChI=1S/C8H2F16/c9-1(2(10)4(13,14)7(19,20)21)3(11,12)5(15,16)6(17,18)8(22,23)24/h1-2H. The Morgan fingerprint density at radius 1 is 0.375 bits per heavy atom. The summed E-state index contributed by atoms with van der Waals surface area (Å²) in [7, 11) is 0. The van der Waals surface area contributed by atoms with Gasteiger partial charge in [-0.2, -0.15) is 61.5 Å². The molecular formula is C8H2F16. The van der Waals surface area contributed by atoms with E-state index in [2.05, 4.69) is 0 Å². The molecule has 24 heavy (non-hydrogen) atoms. The fraction of sp³-hybridized carbons (Fsp3) is 1.00. The van der Waals surface area contributed by atoms with E-state index in [1.807, 2.05) is 0 Å². The molecule has 0 aromatic heterocycles. The van der Waals surface area contributed by atoms with Crippen LogP contribution in [0.2, 0.25) is 0 Å². The molecule has 0 aromatic carbocycles. The molecule has 0 heterocycles. The van der Waals surface area contributed by atoms with E-state index < -0.39 is 48.4 Å². The van der Waals surface area contributed by atoms with Gasteiger partial charge < -0.3 is 0 Å². The fourth-order valence-electron chi connectivity index (χ4n) is 1.08. The lowest BCUT2D eigenvalue weighted by Gasteiger charge is -2.37. The van der Waals surface area contributed by atoms with Crippen molar-refractivity contribution in [2.45, 2.75) is 48.4 Å².